The van der Waals surface area contributed by atoms with E-state index in [0.717, 1.165) is 12.8 Å². The highest BCUT2D eigenvalue weighted by atomic mass is 19.1. The minimum Gasteiger partial charge on any atom is -0.361 e. The predicted molar refractivity (Wildman–Crippen MR) is 99.3 cm³/mol. The molecule has 2 amide bonds. The molecular weight excluding hydrogens is 363 g/mol. The fraction of sp³-hybridized carbons (Fsp3) is 0.400. The molecule has 2 aliphatic heterocycles. The highest BCUT2D eigenvalue weighted by Crippen LogP contribution is 2.32. The molecule has 1 aromatic heterocycles. The van der Waals surface area contributed by atoms with Gasteiger partial charge in [0.05, 0.1) is 24.3 Å². The van der Waals surface area contributed by atoms with Gasteiger partial charge in [0.2, 0.25) is 0 Å². The van der Waals surface area contributed by atoms with Gasteiger partial charge in [-0.05, 0) is 44.0 Å². The van der Waals surface area contributed by atoms with Crippen LogP contribution in [0.4, 0.5) is 10.1 Å². The number of likely N-dealkylation sites (tertiary alicyclic amines) is 1. The summed E-state index contributed by atoms with van der Waals surface area (Å²) in [6.07, 6.45) is 4.46. The zero-order chi connectivity index (χ0) is 19.7. The van der Waals surface area contributed by atoms with Gasteiger partial charge in [0.25, 0.3) is 11.8 Å². The van der Waals surface area contributed by atoms with E-state index >= 15 is 0 Å². The number of carbonyl (C=O) groups excluding carboxylic acids is 2. The molecular formula is C20H21FN4O3. The molecule has 2 saturated heterocycles. The summed E-state index contributed by atoms with van der Waals surface area (Å²) in [5.41, 5.74) is 1.10. The number of halogens is 1. The predicted octanol–water partition coefficient (Wildman–Crippen LogP) is 1.96. The van der Waals surface area contributed by atoms with E-state index in [4.69, 9.17) is 4.74 Å². The van der Waals surface area contributed by atoms with Gasteiger partial charge < -0.3 is 14.5 Å². The van der Waals surface area contributed by atoms with Crippen LogP contribution in [0, 0.1) is 12.7 Å². The van der Waals surface area contributed by atoms with Crippen molar-refractivity contribution in [2.75, 3.05) is 31.1 Å². The number of nitrogens with zero attached hydrogens (tertiary/aromatic N) is 4. The number of aryl methyl sites for hydroxylation is 1. The third kappa shape index (κ3) is 3.47. The van der Waals surface area contributed by atoms with Crippen LogP contribution < -0.4 is 4.90 Å². The third-order valence-electron chi connectivity index (χ3n) is 5.36. The molecule has 1 atom stereocenters. The molecule has 1 aromatic carbocycles. The van der Waals surface area contributed by atoms with Crippen LogP contribution in [0.15, 0.2) is 36.8 Å². The summed E-state index contributed by atoms with van der Waals surface area (Å²) < 4.78 is 19.2. The normalized spacial score (nSPS) is 22.6. The number of ether oxygens (including phenoxy) is 1. The summed E-state index contributed by atoms with van der Waals surface area (Å²) >= 11 is 0. The number of hydrogen-bond donors (Lipinski definition) is 0. The number of aromatic nitrogens is 2. The zero-order valence-corrected chi connectivity index (χ0v) is 15.6. The number of amides is 2. The SMILES string of the molecule is Cc1ncncc1C(=O)N1CCCC2(C1)CN(c1ccc(F)cc1)C(=O)CO2. The van der Waals surface area contributed by atoms with Crippen molar-refractivity contribution in [3.05, 3.63) is 53.9 Å². The second-order valence-electron chi connectivity index (χ2n) is 7.28. The van der Waals surface area contributed by atoms with Crippen molar-refractivity contribution >= 4 is 17.5 Å². The summed E-state index contributed by atoms with van der Waals surface area (Å²) in [5.74, 6) is -0.659. The molecule has 7 nitrogen and oxygen atoms in total. The summed E-state index contributed by atoms with van der Waals surface area (Å²) in [6, 6.07) is 5.84. The fourth-order valence-electron chi connectivity index (χ4n) is 3.86. The maximum absolute atomic E-state index is 13.3. The van der Waals surface area contributed by atoms with Gasteiger partial charge in [-0.2, -0.15) is 0 Å². The van der Waals surface area contributed by atoms with Crippen LogP contribution in [-0.4, -0.2) is 58.5 Å². The van der Waals surface area contributed by atoms with Crippen LogP contribution in [0.3, 0.4) is 0 Å². The van der Waals surface area contributed by atoms with Crippen LogP contribution >= 0.6 is 0 Å². The number of carbonyl (C=O) groups is 2. The lowest BCUT2D eigenvalue weighted by atomic mass is 9.90. The third-order valence-corrected chi connectivity index (χ3v) is 5.36. The average molecular weight is 384 g/mol. The fourth-order valence-corrected chi connectivity index (χ4v) is 3.86. The lowest BCUT2D eigenvalue weighted by Crippen LogP contribution is -2.62. The Morgan fingerprint density at radius 2 is 2.04 bits per heavy atom. The molecule has 0 N–H and O–H groups in total. The molecule has 0 radical (unpaired) electrons. The van der Waals surface area contributed by atoms with Crippen molar-refractivity contribution in [1.82, 2.24) is 14.9 Å². The van der Waals surface area contributed by atoms with Gasteiger partial charge in [-0.1, -0.05) is 0 Å². The van der Waals surface area contributed by atoms with E-state index in [2.05, 4.69) is 9.97 Å². The van der Waals surface area contributed by atoms with Crippen molar-refractivity contribution in [2.24, 2.45) is 0 Å². The molecule has 2 aliphatic rings. The van der Waals surface area contributed by atoms with Crippen LogP contribution in [0.25, 0.3) is 0 Å². The maximum Gasteiger partial charge on any atom is 0.257 e. The first-order chi connectivity index (χ1) is 13.5. The highest BCUT2D eigenvalue weighted by molar-refractivity contribution is 5.96. The maximum atomic E-state index is 13.3. The first-order valence-electron chi connectivity index (χ1n) is 9.23. The quantitative estimate of drug-likeness (QED) is 0.791. The van der Waals surface area contributed by atoms with E-state index in [1.165, 1.54) is 24.7 Å². The largest absolute Gasteiger partial charge is 0.361 e. The number of rotatable bonds is 2. The first kappa shape index (κ1) is 18.5. The van der Waals surface area contributed by atoms with E-state index in [1.54, 1.807) is 28.9 Å². The highest BCUT2D eigenvalue weighted by Gasteiger charge is 2.44. The van der Waals surface area contributed by atoms with Gasteiger partial charge in [-0.25, -0.2) is 14.4 Å². The number of benzene rings is 1. The van der Waals surface area contributed by atoms with E-state index in [0.29, 0.717) is 36.6 Å². The van der Waals surface area contributed by atoms with Gasteiger partial charge >= 0.3 is 0 Å². The Bertz CT molecular complexity index is 905. The van der Waals surface area contributed by atoms with Gasteiger partial charge in [0.1, 0.15) is 24.4 Å². The molecule has 1 spiro atoms. The second-order valence-corrected chi connectivity index (χ2v) is 7.28. The molecule has 3 heterocycles. The summed E-state index contributed by atoms with van der Waals surface area (Å²) in [6.45, 7) is 3.03. The first-order valence-corrected chi connectivity index (χ1v) is 9.23. The van der Waals surface area contributed by atoms with E-state index < -0.39 is 5.60 Å². The van der Waals surface area contributed by atoms with E-state index in [9.17, 15) is 14.0 Å². The van der Waals surface area contributed by atoms with Crippen LogP contribution in [0.5, 0.6) is 0 Å². The minimum atomic E-state index is -0.639. The molecule has 146 valence electrons. The van der Waals surface area contributed by atoms with E-state index in [-0.39, 0.29) is 24.2 Å². The Morgan fingerprint density at radius 3 is 2.79 bits per heavy atom. The summed E-state index contributed by atoms with van der Waals surface area (Å²) in [4.78, 5) is 36.8. The monoisotopic (exact) mass is 384 g/mol. The number of morpholine rings is 1. The average Bonchev–Trinajstić information content (AvgIpc) is 2.71. The Labute approximate surface area is 162 Å². The number of piperidine rings is 1. The molecule has 4 rings (SSSR count). The topological polar surface area (TPSA) is 75.6 Å². The standard InChI is InChI=1S/C20H21FN4O3/c1-14-17(9-22-13-23-14)19(27)24-8-2-7-20(11-24)12-25(18(26)10-28-20)16-5-3-15(21)4-6-16/h3-6,9,13H,2,7-8,10-12H2,1H3. The van der Waals surface area contributed by atoms with Crippen LogP contribution in [-0.2, 0) is 9.53 Å². The lowest BCUT2D eigenvalue weighted by Gasteiger charge is -2.47. The van der Waals surface area contributed by atoms with Crippen LogP contribution in [0.2, 0.25) is 0 Å². The minimum absolute atomic E-state index is 0.0626. The smallest absolute Gasteiger partial charge is 0.257 e. The van der Waals surface area contributed by atoms with Crippen molar-refractivity contribution in [3.8, 4) is 0 Å². The molecule has 2 aromatic rings. The Morgan fingerprint density at radius 1 is 1.25 bits per heavy atom. The van der Waals surface area contributed by atoms with Gasteiger partial charge in [0.15, 0.2) is 0 Å². The van der Waals surface area contributed by atoms with Gasteiger partial charge in [-0.3, -0.25) is 9.59 Å². The van der Waals surface area contributed by atoms with Crippen molar-refractivity contribution < 1.29 is 18.7 Å². The summed E-state index contributed by atoms with van der Waals surface area (Å²) in [7, 11) is 0. The van der Waals surface area contributed by atoms with Crippen LogP contribution in [0.1, 0.15) is 28.9 Å². The zero-order valence-electron chi connectivity index (χ0n) is 15.6. The molecule has 2 fully saturated rings. The molecule has 1 unspecified atom stereocenters. The Kier molecular flexibility index (Phi) is 4.80. The van der Waals surface area contributed by atoms with Crippen molar-refractivity contribution in [1.29, 1.82) is 0 Å². The van der Waals surface area contributed by atoms with E-state index in [1.807, 2.05) is 0 Å². The van der Waals surface area contributed by atoms with Gasteiger partial charge in [0, 0.05) is 18.4 Å². The molecule has 8 heteroatoms. The molecule has 0 bridgehead atoms. The number of hydrogen-bond acceptors (Lipinski definition) is 5. The molecule has 28 heavy (non-hydrogen) atoms. The van der Waals surface area contributed by atoms with Gasteiger partial charge in [-0.15, -0.1) is 0 Å². The van der Waals surface area contributed by atoms with Crippen molar-refractivity contribution in [3.63, 3.8) is 0 Å². The van der Waals surface area contributed by atoms with Crippen molar-refractivity contribution in [2.45, 2.75) is 25.4 Å². The molecule has 0 aliphatic carbocycles. The Balaban J connectivity index is 1.55. The molecule has 0 saturated carbocycles. The Hall–Kier alpha value is -2.87. The summed E-state index contributed by atoms with van der Waals surface area (Å²) in [5, 5.41) is 0. The number of anilines is 1. The lowest BCUT2D eigenvalue weighted by molar-refractivity contribution is -0.144. The second kappa shape index (κ2) is 7.27.